The minimum absolute atomic E-state index is 0.0562. The lowest BCUT2D eigenvalue weighted by atomic mass is 10.2. The summed E-state index contributed by atoms with van der Waals surface area (Å²) in [7, 11) is -4.06. The fraction of sp³-hybridized carbons (Fsp3) is 0.773. The van der Waals surface area contributed by atoms with Crippen molar-refractivity contribution in [2.45, 2.75) is 103 Å². The number of hydrogen-bond acceptors (Lipinski definition) is 7. The Hall–Kier alpha value is -1.06. The van der Waals surface area contributed by atoms with E-state index in [1.165, 1.54) is 0 Å². The maximum Gasteiger partial charge on any atom is 0.348 e. The molecule has 34 heavy (non-hydrogen) atoms. The monoisotopic (exact) mass is 573 g/mol. The molecule has 1 fully saturated rings. The van der Waals surface area contributed by atoms with Crippen molar-refractivity contribution in [3.8, 4) is 0 Å². The van der Waals surface area contributed by atoms with Gasteiger partial charge in [-0.25, -0.2) is 9.48 Å². The number of fused-ring (bicyclic) bond motifs is 1. The molecule has 9 nitrogen and oxygen atoms in total. The highest BCUT2D eigenvalue weighted by atomic mass is 79.9. The van der Waals surface area contributed by atoms with Crippen LogP contribution in [0.3, 0.4) is 0 Å². The lowest BCUT2D eigenvalue weighted by Gasteiger charge is -2.40. The van der Waals surface area contributed by atoms with Crippen molar-refractivity contribution in [2.24, 2.45) is 0 Å². The van der Waals surface area contributed by atoms with Crippen molar-refractivity contribution >= 4 is 49.4 Å². The first-order chi connectivity index (χ1) is 15.3. The SMILES string of the molecule is CC(C)(C)[Si](C)(C)OC[C@H]1O[C@@H](n2nc(Br)c3c(N)[nH]c(=O)nc32)C[C@@H]1O[Si](C)(C)C(C)(C)C. The van der Waals surface area contributed by atoms with Gasteiger partial charge >= 0.3 is 5.69 Å². The lowest BCUT2D eigenvalue weighted by molar-refractivity contribution is -0.0425. The number of aromatic nitrogens is 4. The van der Waals surface area contributed by atoms with Crippen LogP contribution in [-0.2, 0) is 13.6 Å². The van der Waals surface area contributed by atoms with E-state index < -0.39 is 28.6 Å². The number of nitrogen functional groups attached to an aromatic ring is 1. The van der Waals surface area contributed by atoms with Crippen molar-refractivity contribution in [1.29, 1.82) is 0 Å². The highest BCUT2D eigenvalue weighted by Gasteiger charge is 2.47. The summed E-state index contributed by atoms with van der Waals surface area (Å²) < 4.78 is 22.0. The Labute approximate surface area is 212 Å². The summed E-state index contributed by atoms with van der Waals surface area (Å²) in [5, 5.41) is 5.27. The second-order valence-electron chi connectivity index (χ2n) is 12.2. The molecule has 3 rings (SSSR count). The lowest BCUT2D eigenvalue weighted by Crippen LogP contribution is -2.48. The standard InChI is InChI=1S/C22H40BrN5O4Si2/c1-21(2,3)33(7,8)30-12-14-13(32-34(9,10)22(4,5)6)11-15(31-14)28-19-16(17(23)27-28)18(24)25-20(29)26-19/h13-15H,11-12H2,1-10H3,(H3,24,25,26,29)/t13-,14+,15+/m0/s1. The maximum atomic E-state index is 12.0. The zero-order valence-electron chi connectivity index (χ0n) is 22.1. The van der Waals surface area contributed by atoms with Crippen LogP contribution in [0.15, 0.2) is 9.40 Å². The average Bonchev–Trinajstić information content (AvgIpc) is 3.18. The van der Waals surface area contributed by atoms with Gasteiger partial charge in [-0.2, -0.15) is 10.1 Å². The van der Waals surface area contributed by atoms with Crippen LogP contribution < -0.4 is 11.4 Å². The van der Waals surface area contributed by atoms with E-state index in [2.05, 4.69) is 98.7 Å². The number of nitrogens with one attached hydrogen (secondary N) is 1. The summed E-state index contributed by atoms with van der Waals surface area (Å²) in [6.07, 6.45) is -0.292. The molecule has 0 bridgehead atoms. The van der Waals surface area contributed by atoms with Gasteiger partial charge in [0.15, 0.2) is 28.5 Å². The van der Waals surface area contributed by atoms with Gasteiger partial charge in [0.05, 0.1) is 18.1 Å². The minimum Gasteiger partial charge on any atom is -0.414 e. The first-order valence-electron chi connectivity index (χ1n) is 11.7. The molecule has 192 valence electrons. The van der Waals surface area contributed by atoms with Gasteiger partial charge in [0.25, 0.3) is 0 Å². The smallest absolute Gasteiger partial charge is 0.348 e. The Morgan fingerprint density at radius 1 is 1.15 bits per heavy atom. The maximum absolute atomic E-state index is 12.0. The number of aromatic amines is 1. The third-order valence-electron chi connectivity index (χ3n) is 7.68. The van der Waals surface area contributed by atoms with E-state index in [0.29, 0.717) is 28.7 Å². The largest absolute Gasteiger partial charge is 0.414 e. The Kier molecular flexibility index (Phi) is 7.38. The van der Waals surface area contributed by atoms with E-state index in [1.54, 1.807) is 4.68 Å². The van der Waals surface area contributed by atoms with Crippen LogP contribution in [-0.4, -0.2) is 55.2 Å². The number of rotatable bonds is 6. The normalized spacial score (nSPS) is 22.6. The van der Waals surface area contributed by atoms with Crippen LogP contribution in [0, 0.1) is 0 Å². The van der Waals surface area contributed by atoms with E-state index in [1.807, 2.05) is 0 Å². The fourth-order valence-corrected chi connectivity index (χ4v) is 6.36. The highest BCUT2D eigenvalue weighted by Crippen LogP contribution is 2.43. The Bertz CT molecular complexity index is 1100. The predicted molar refractivity (Wildman–Crippen MR) is 144 cm³/mol. The summed E-state index contributed by atoms with van der Waals surface area (Å²) in [4.78, 5) is 18.7. The molecule has 3 heterocycles. The van der Waals surface area contributed by atoms with Gasteiger partial charge in [0.1, 0.15) is 16.5 Å². The van der Waals surface area contributed by atoms with Crippen molar-refractivity contribution in [3.05, 3.63) is 15.1 Å². The molecule has 2 aromatic rings. The van der Waals surface area contributed by atoms with Crippen LogP contribution in [0.1, 0.15) is 54.2 Å². The van der Waals surface area contributed by atoms with Crippen LogP contribution in [0.2, 0.25) is 36.3 Å². The van der Waals surface area contributed by atoms with Crippen molar-refractivity contribution in [2.75, 3.05) is 12.3 Å². The number of nitrogens with zero attached hydrogens (tertiary/aromatic N) is 3. The number of hydrogen-bond donors (Lipinski definition) is 2. The van der Waals surface area contributed by atoms with E-state index in [-0.39, 0.29) is 28.1 Å². The van der Waals surface area contributed by atoms with Crippen LogP contribution in [0.25, 0.3) is 11.0 Å². The summed E-state index contributed by atoms with van der Waals surface area (Å²) in [5.41, 5.74) is 5.90. The van der Waals surface area contributed by atoms with Crippen molar-refractivity contribution in [3.63, 3.8) is 0 Å². The number of H-pyrrole nitrogens is 1. The second kappa shape index (κ2) is 9.11. The summed E-state index contributed by atoms with van der Waals surface area (Å²) >= 11 is 3.45. The second-order valence-corrected chi connectivity index (χ2v) is 22.6. The molecule has 3 N–H and O–H groups in total. The zero-order valence-corrected chi connectivity index (χ0v) is 25.7. The summed E-state index contributed by atoms with van der Waals surface area (Å²) in [5.74, 6) is 0.220. The first kappa shape index (κ1) is 27.5. The van der Waals surface area contributed by atoms with E-state index in [4.69, 9.17) is 19.3 Å². The molecule has 0 unspecified atom stereocenters. The van der Waals surface area contributed by atoms with E-state index >= 15 is 0 Å². The molecule has 1 saturated heterocycles. The van der Waals surface area contributed by atoms with Crippen molar-refractivity contribution in [1.82, 2.24) is 19.7 Å². The third kappa shape index (κ3) is 5.36. The van der Waals surface area contributed by atoms with Gasteiger partial charge in [-0.05, 0) is 52.2 Å². The van der Waals surface area contributed by atoms with Gasteiger partial charge in [0, 0.05) is 6.42 Å². The van der Waals surface area contributed by atoms with Gasteiger partial charge < -0.3 is 19.3 Å². The molecule has 0 aliphatic carbocycles. The third-order valence-corrected chi connectivity index (χ3v) is 17.2. The molecular weight excluding hydrogens is 534 g/mol. The van der Waals surface area contributed by atoms with Gasteiger partial charge in [0.2, 0.25) is 0 Å². The quantitative estimate of drug-likeness (QED) is 0.458. The van der Waals surface area contributed by atoms with Gasteiger partial charge in [-0.15, -0.1) is 0 Å². The number of nitrogens with two attached hydrogens (primary N) is 1. The molecule has 0 aromatic carbocycles. The summed E-state index contributed by atoms with van der Waals surface area (Å²) in [6.45, 7) is 22.8. The molecule has 1 aliphatic rings. The Morgan fingerprint density at radius 2 is 1.74 bits per heavy atom. The molecule has 3 atom stereocenters. The zero-order chi connectivity index (χ0) is 25.9. The Balaban J connectivity index is 1.95. The molecular formula is C22H40BrN5O4Si2. The molecule has 0 spiro atoms. The van der Waals surface area contributed by atoms with Crippen LogP contribution in [0.4, 0.5) is 5.82 Å². The number of anilines is 1. The molecule has 2 aromatic heterocycles. The molecule has 0 amide bonds. The van der Waals surface area contributed by atoms with Crippen molar-refractivity contribution < 1.29 is 13.6 Å². The molecule has 1 aliphatic heterocycles. The van der Waals surface area contributed by atoms with Gasteiger partial charge in [-0.1, -0.05) is 41.5 Å². The topological polar surface area (TPSA) is 117 Å². The predicted octanol–water partition coefficient (Wildman–Crippen LogP) is 5.16. The van der Waals surface area contributed by atoms with Crippen LogP contribution >= 0.6 is 15.9 Å². The summed E-state index contributed by atoms with van der Waals surface area (Å²) in [6, 6.07) is 0. The van der Waals surface area contributed by atoms with E-state index in [0.717, 1.165) is 0 Å². The minimum atomic E-state index is -2.07. The van der Waals surface area contributed by atoms with E-state index in [9.17, 15) is 4.79 Å². The molecule has 12 heteroatoms. The Morgan fingerprint density at radius 3 is 2.29 bits per heavy atom. The first-order valence-corrected chi connectivity index (χ1v) is 18.4. The van der Waals surface area contributed by atoms with Gasteiger partial charge in [-0.3, -0.25) is 4.98 Å². The highest BCUT2D eigenvalue weighted by molar-refractivity contribution is 9.10. The number of ether oxygens (including phenoxy) is 1. The van der Waals surface area contributed by atoms with Crippen LogP contribution in [0.5, 0.6) is 0 Å². The average molecular weight is 575 g/mol. The molecule has 0 radical (unpaired) electrons. The number of halogens is 1. The molecule has 0 saturated carbocycles. The fourth-order valence-electron chi connectivity index (χ4n) is 3.43.